The molecular weight excluding hydrogens is 334 g/mol. The average Bonchev–Trinajstić information content (AvgIpc) is 3.01. The number of nitrogen functional groups attached to an aromatic ring is 1. The van der Waals surface area contributed by atoms with Crippen LogP contribution in [0, 0.1) is 0 Å². The van der Waals surface area contributed by atoms with Crippen LogP contribution in [0.2, 0.25) is 5.02 Å². The highest BCUT2D eigenvalue weighted by atomic mass is 35.5. The molecule has 0 spiro atoms. The summed E-state index contributed by atoms with van der Waals surface area (Å²) in [5.41, 5.74) is 6.64. The zero-order valence-electron chi connectivity index (χ0n) is 12.4. The fourth-order valence-corrected chi connectivity index (χ4v) is 2.17. The molecule has 10 heteroatoms. The third kappa shape index (κ3) is 2.72. The Labute approximate surface area is 140 Å². The monoisotopic (exact) mass is 345 g/mol. The van der Waals surface area contributed by atoms with E-state index in [2.05, 4.69) is 25.8 Å². The van der Waals surface area contributed by atoms with Gasteiger partial charge in [-0.2, -0.15) is 0 Å². The van der Waals surface area contributed by atoms with Crippen LogP contribution in [0.1, 0.15) is 21.0 Å². The van der Waals surface area contributed by atoms with Gasteiger partial charge in [-0.3, -0.25) is 14.0 Å². The number of halogens is 1. The molecule has 3 rings (SSSR count). The van der Waals surface area contributed by atoms with Crippen LogP contribution in [-0.4, -0.2) is 38.4 Å². The minimum atomic E-state index is -0.542. The van der Waals surface area contributed by atoms with Crippen LogP contribution in [0.4, 0.5) is 11.5 Å². The average molecular weight is 346 g/mol. The second kappa shape index (κ2) is 6.13. The lowest BCUT2D eigenvalue weighted by atomic mass is 10.3. The first-order chi connectivity index (χ1) is 11.5. The number of hydrogen-bond acceptors (Lipinski definition) is 6. The minimum absolute atomic E-state index is 0.0223. The number of carbonyl (C=O) groups excluding carboxylic acids is 2. The Bertz CT molecular complexity index is 936. The molecule has 0 bridgehead atoms. The van der Waals surface area contributed by atoms with Crippen molar-refractivity contribution in [2.45, 2.75) is 0 Å². The van der Waals surface area contributed by atoms with Crippen LogP contribution in [0.25, 0.3) is 5.65 Å². The van der Waals surface area contributed by atoms with E-state index in [0.717, 1.165) is 0 Å². The highest BCUT2D eigenvalue weighted by Crippen LogP contribution is 2.17. The molecule has 2 amide bonds. The largest absolute Gasteiger partial charge is 0.383 e. The van der Waals surface area contributed by atoms with Crippen LogP contribution < -0.4 is 16.4 Å². The lowest BCUT2D eigenvalue weighted by Crippen LogP contribution is -2.21. The number of nitrogens with zero attached hydrogens (tertiary/aromatic N) is 4. The van der Waals surface area contributed by atoms with Gasteiger partial charge < -0.3 is 16.4 Å². The Morgan fingerprint density at radius 2 is 1.83 bits per heavy atom. The Balaban J connectivity index is 1.95. The smallest absolute Gasteiger partial charge is 0.279 e. The van der Waals surface area contributed by atoms with Gasteiger partial charge in [0, 0.05) is 17.8 Å². The van der Waals surface area contributed by atoms with Gasteiger partial charge in [0.05, 0.1) is 0 Å². The predicted octanol–water partition coefficient (Wildman–Crippen LogP) is 0.972. The molecule has 0 aliphatic heterocycles. The predicted molar refractivity (Wildman–Crippen MR) is 88.0 cm³/mol. The topological polar surface area (TPSA) is 127 Å². The van der Waals surface area contributed by atoms with Crippen molar-refractivity contribution in [1.29, 1.82) is 0 Å². The maximum Gasteiger partial charge on any atom is 0.279 e. The summed E-state index contributed by atoms with van der Waals surface area (Å²) in [6, 6.07) is 6.56. The van der Waals surface area contributed by atoms with Crippen LogP contribution >= 0.6 is 11.6 Å². The second-order valence-electron chi connectivity index (χ2n) is 4.76. The Kier molecular flexibility index (Phi) is 4.00. The highest BCUT2D eigenvalue weighted by molar-refractivity contribution is 6.30. The van der Waals surface area contributed by atoms with Crippen LogP contribution in [0.3, 0.4) is 0 Å². The van der Waals surface area contributed by atoms with Crippen molar-refractivity contribution in [3.63, 3.8) is 0 Å². The maximum absolute atomic E-state index is 12.3. The number of fused-ring (bicyclic) bond motifs is 1. The number of carbonyl (C=O) groups is 2. The highest BCUT2D eigenvalue weighted by Gasteiger charge is 2.20. The molecule has 0 unspecified atom stereocenters. The van der Waals surface area contributed by atoms with Crippen molar-refractivity contribution in [3.8, 4) is 0 Å². The van der Waals surface area contributed by atoms with E-state index in [4.69, 9.17) is 17.3 Å². The number of aromatic nitrogens is 4. The summed E-state index contributed by atoms with van der Waals surface area (Å²) in [6.07, 6.45) is 1.31. The Hall–Kier alpha value is -3.20. The molecule has 0 aliphatic rings. The van der Waals surface area contributed by atoms with Crippen LogP contribution in [0.5, 0.6) is 0 Å². The van der Waals surface area contributed by atoms with Gasteiger partial charge in [-0.15, -0.1) is 10.2 Å². The summed E-state index contributed by atoms with van der Waals surface area (Å²) in [7, 11) is 1.47. The summed E-state index contributed by atoms with van der Waals surface area (Å²) in [5, 5.41) is 13.3. The molecule has 0 radical (unpaired) electrons. The Morgan fingerprint density at radius 3 is 2.50 bits per heavy atom. The number of rotatable bonds is 3. The van der Waals surface area contributed by atoms with E-state index in [1.165, 1.54) is 17.8 Å². The molecule has 0 saturated carbocycles. The molecule has 122 valence electrons. The number of nitrogens with two attached hydrogens (primary N) is 1. The molecule has 4 N–H and O–H groups in total. The number of benzene rings is 1. The van der Waals surface area contributed by atoms with E-state index in [1.54, 1.807) is 24.3 Å². The molecule has 24 heavy (non-hydrogen) atoms. The first-order valence-corrected chi connectivity index (χ1v) is 7.17. The minimum Gasteiger partial charge on any atom is -0.383 e. The summed E-state index contributed by atoms with van der Waals surface area (Å²) in [6.45, 7) is 0. The summed E-state index contributed by atoms with van der Waals surface area (Å²) in [5.74, 6) is -0.946. The zero-order valence-corrected chi connectivity index (χ0v) is 13.2. The quantitative estimate of drug-likeness (QED) is 0.649. The van der Waals surface area contributed by atoms with Crippen molar-refractivity contribution in [2.24, 2.45) is 0 Å². The fourth-order valence-electron chi connectivity index (χ4n) is 2.04. The van der Waals surface area contributed by atoms with E-state index < -0.39 is 11.8 Å². The molecule has 0 fully saturated rings. The molecule has 0 aliphatic carbocycles. The second-order valence-corrected chi connectivity index (χ2v) is 5.20. The SMILES string of the molecule is CNC(=O)c1ncn2c(N)c(C(=O)Nc3ccc(Cl)cc3)nnc12. The van der Waals surface area contributed by atoms with Gasteiger partial charge >= 0.3 is 0 Å². The first-order valence-electron chi connectivity index (χ1n) is 6.79. The molecule has 2 aromatic heterocycles. The number of anilines is 2. The maximum atomic E-state index is 12.3. The van der Waals surface area contributed by atoms with E-state index in [9.17, 15) is 9.59 Å². The van der Waals surface area contributed by atoms with Crippen molar-refractivity contribution in [2.75, 3.05) is 18.1 Å². The number of amides is 2. The van der Waals surface area contributed by atoms with Gasteiger partial charge in [0.2, 0.25) is 0 Å². The third-order valence-electron chi connectivity index (χ3n) is 3.25. The van der Waals surface area contributed by atoms with Gasteiger partial charge in [-0.1, -0.05) is 11.6 Å². The van der Waals surface area contributed by atoms with Crippen molar-refractivity contribution < 1.29 is 9.59 Å². The lowest BCUT2D eigenvalue weighted by molar-refractivity contribution is 0.0959. The van der Waals surface area contributed by atoms with E-state index in [0.29, 0.717) is 10.7 Å². The fraction of sp³-hybridized carbons (Fsp3) is 0.0714. The molecule has 0 saturated heterocycles. The van der Waals surface area contributed by atoms with Gasteiger partial charge in [-0.05, 0) is 24.3 Å². The summed E-state index contributed by atoms with van der Waals surface area (Å²) in [4.78, 5) is 28.0. The van der Waals surface area contributed by atoms with Gasteiger partial charge in [0.1, 0.15) is 12.1 Å². The standard InChI is InChI=1S/C14H12ClN7O2/c1-17-13(23)10-12-21-20-9(11(16)22(12)6-18-10)14(24)19-8-4-2-7(15)3-5-8/h2-6H,16H2,1H3,(H,17,23)(H,19,24). The number of imidazole rings is 1. The molecule has 0 atom stereocenters. The Morgan fingerprint density at radius 1 is 1.12 bits per heavy atom. The zero-order chi connectivity index (χ0) is 17.3. The lowest BCUT2D eigenvalue weighted by Gasteiger charge is -2.07. The van der Waals surface area contributed by atoms with E-state index in [-0.39, 0.29) is 22.9 Å². The van der Waals surface area contributed by atoms with Gasteiger partial charge in [0.25, 0.3) is 11.8 Å². The third-order valence-corrected chi connectivity index (χ3v) is 3.50. The van der Waals surface area contributed by atoms with Crippen LogP contribution in [0.15, 0.2) is 30.6 Å². The molecule has 3 aromatic rings. The summed E-state index contributed by atoms with van der Waals surface area (Å²) >= 11 is 5.80. The van der Waals surface area contributed by atoms with Gasteiger partial charge in [0.15, 0.2) is 17.0 Å². The number of nitrogens with one attached hydrogen (secondary N) is 2. The number of hydrogen-bond donors (Lipinski definition) is 3. The van der Waals surface area contributed by atoms with Gasteiger partial charge in [-0.25, -0.2) is 4.98 Å². The van der Waals surface area contributed by atoms with Crippen molar-refractivity contribution >= 4 is 40.6 Å². The first kappa shape index (κ1) is 15.7. The van der Waals surface area contributed by atoms with E-state index in [1.807, 2.05) is 0 Å². The molecule has 2 heterocycles. The normalized spacial score (nSPS) is 10.6. The molecule has 1 aromatic carbocycles. The van der Waals surface area contributed by atoms with E-state index >= 15 is 0 Å². The molecule has 9 nitrogen and oxygen atoms in total. The van der Waals surface area contributed by atoms with Crippen molar-refractivity contribution in [1.82, 2.24) is 24.9 Å². The van der Waals surface area contributed by atoms with Crippen molar-refractivity contribution in [3.05, 3.63) is 47.0 Å². The summed E-state index contributed by atoms with van der Waals surface area (Å²) < 4.78 is 1.33. The molecular formula is C14H12ClN7O2. The van der Waals surface area contributed by atoms with Crippen LogP contribution in [-0.2, 0) is 0 Å².